The summed E-state index contributed by atoms with van der Waals surface area (Å²) in [5.41, 5.74) is 2.27. The van der Waals surface area contributed by atoms with Gasteiger partial charge < -0.3 is 14.9 Å². The van der Waals surface area contributed by atoms with E-state index in [1.165, 1.54) is 0 Å². The zero-order chi connectivity index (χ0) is 15.2. The highest BCUT2D eigenvalue weighted by Crippen LogP contribution is 2.34. The van der Waals surface area contributed by atoms with E-state index in [9.17, 15) is 9.90 Å². The fraction of sp³-hybridized carbons (Fsp3) is 0.562. The molecule has 0 saturated carbocycles. The number of aryl methyl sites for hydroxylation is 1. The van der Waals surface area contributed by atoms with Gasteiger partial charge >= 0.3 is 5.97 Å². The molecule has 2 atom stereocenters. The van der Waals surface area contributed by atoms with Gasteiger partial charge in [-0.15, -0.1) is 0 Å². The maximum Gasteiger partial charge on any atom is 0.308 e. The molecule has 116 valence electrons. The number of rotatable bonds is 7. The Morgan fingerprint density at radius 2 is 2.10 bits per heavy atom. The minimum Gasteiger partial charge on any atom is -0.481 e. The molecule has 0 aliphatic carbocycles. The molecule has 1 saturated heterocycles. The highest BCUT2D eigenvalue weighted by Gasteiger charge is 2.38. The van der Waals surface area contributed by atoms with Crippen molar-refractivity contribution in [1.82, 2.24) is 4.90 Å². The fourth-order valence-electron chi connectivity index (χ4n) is 3.00. The van der Waals surface area contributed by atoms with Gasteiger partial charge in [-0.1, -0.05) is 24.3 Å². The lowest BCUT2D eigenvalue weighted by Gasteiger charge is -2.18. The van der Waals surface area contributed by atoms with Crippen LogP contribution in [0.25, 0.3) is 0 Å². The lowest BCUT2D eigenvalue weighted by atomic mass is 9.86. The molecular formula is C16H23NO4. The Kier molecular flexibility index (Phi) is 5.73. The minimum atomic E-state index is -0.734. The zero-order valence-corrected chi connectivity index (χ0v) is 12.4. The van der Waals surface area contributed by atoms with Crippen molar-refractivity contribution in [2.75, 3.05) is 39.5 Å². The second kappa shape index (κ2) is 7.54. The third kappa shape index (κ3) is 4.03. The average molecular weight is 293 g/mol. The quantitative estimate of drug-likeness (QED) is 0.737. The topological polar surface area (TPSA) is 70.0 Å². The number of hydrogen-bond donors (Lipinski definition) is 2. The molecule has 0 radical (unpaired) electrons. The second-order valence-electron chi connectivity index (χ2n) is 5.50. The molecule has 5 nitrogen and oxygen atoms in total. The van der Waals surface area contributed by atoms with Crippen LogP contribution >= 0.6 is 0 Å². The van der Waals surface area contributed by atoms with Gasteiger partial charge in [-0.2, -0.15) is 0 Å². The maximum atomic E-state index is 11.5. The minimum absolute atomic E-state index is 0.0174. The first kappa shape index (κ1) is 15.9. The van der Waals surface area contributed by atoms with Crippen LogP contribution in [0, 0.1) is 12.8 Å². The number of nitrogens with zero attached hydrogens (tertiary/aromatic N) is 1. The molecule has 1 aromatic rings. The van der Waals surface area contributed by atoms with Crippen LogP contribution in [0.5, 0.6) is 0 Å². The van der Waals surface area contributed by atoms with E-state index in [-0.39, 0.29) is 18.4 Å². The van der Waals surface area contributed by atoms with Crippen LogP contribution in [-0.2, 0) is 9.53 Å². The number of aliphatic hydroxyl groups excluding tert-OH is 1. The first-order chi connectivity index (χ1) is 10.1. The SMILES string of the molecule is Cc1ccccc1[C@@H]1CN(CCOCCO)C[C@H]1C(=O)O. The molecule has 0 bridgehead atoms. The van der Waals surface area contributed by atoms with Crippen LogP contribution in [0.2, 0.25) is 0 Å². The molecule has 1 aliphatic rings. The molecule has 2 rings (SSSR count). The van der Waals surface area contributed by atoms with E-state index in [0.717, 1.165) is 17.7 Å². The molecule has 2 N–H and O–H groups in total. The largest absolute Gasteiger partial charge is 0.481 e. The zero-order valence-electron chi connectivity index (χ0n) is 12.4. The number of ether oxygens (including phenoxy) is 1. The molecule has 1 aromatic carbocycles. The summed E-state index contributed by atoms with van der Waals surface area (Å²) in [5.74, 6) is -1.08. The van der Waals surface area contributed by atoms with Crippen LogP contribution in [0.1, 0.15) is 17.0 Å². The lowest BCUT2D eigenvalue weighted by Crippen LogP contribution is -2.27. The van der Waals surface area contributed by atoms with Gasteiger partial charge in [0.25, 0.3) is 0 Å². The van der Waals surface area contributed by atoms with E-state index in [1.807, 2.05) is 31.2 Å². The number of carboxylic acid groups (broad SMARTS) is 1. The Hall–Kier alpha value is -1.43. The normalized spacial score (nSPS) is 22.6. The summed E-state index contributed by atoms with van der Waals surface area (Å²) in [5, 5.41) is 18.2. The van der Waals surface area contributed by atoms with Gasteiger partial charge in [0.15, 0.2) is 0 Å². The van der Waals surface area contributed by atoms with Crippen LogP contribution in [0.15, 0.2) is 24.3 Å². The molecule has 5 heteroatoms. The number of aliphatic hydroxyl groups is 1. The lowest BCUT2D eigenvalue weighted by molar-refractivity contribution is -0.141. The Bertz CT molecular complexity index is 477. The first-order valence-corrected chi connectivity index (χ1v) is 7.32. The first-order valence-electron chi connectivity index (χ1n) is 7.32. The van der Waals surface area contributed by atoms with Gasteiger partial charge in [0.2, 0.25) is 0 Å². The molecule has 0 aromatic heterocycles. The van der Waals surface area contributed by atoms with Crippen molar-refractivity contribution in [3.63, 3.8) is 0 Å². The van der Waals surface area contributed by atoms with Crippen LogP contribution in [0.3, 0.4) is 0 Å². The third-order valence-electron chi connectivity index (χ3n) is 4.09. The third-order valence-corrected chi connectivity index (χ3v) is 4.09. The average Bonchev–Trinajstić information content (AvgIpc) is 2.88. The number of carboxylic acids is 1. The van der Waals surface area contributed by atoms with Crippen LogP contribution in [0.4, 0.5) is 0 Å². The van der Waals surface area contributed by atoms with E-state index in [1.54, 1.807) is 0 Å². The van der Waals surface area contributed by atoms with Crippen molar-refractivity contribution < 1.29 is 19.7 Å². The Labute approximate surface area is 125 Å². The number of carbonyl (C=O) groups is 1. The van der Waals surface area contributed by atoms with Crippen LogP contribution in [-0.4, -0.2) is 60.5 Å². The van der Waals surface area contributed by atoms with Crippen molar-refractivity contribution in [1.29, 1.82) is 0 Å². The standard InChI is InChI=1S/C16H23NO4/c1-12-4-2-3-5-13(12)14-10-17(6-8-21-9-7-18)11-15(14)16(19)20/h2-5,14-15,18H,6-11H2,1H3,(H,19,20)/t14-,15+/m0/s1. The van der Waals surface area contributed by atoms with E-state index in [0.29, 0.717) is 26.3 Å². The van der Waals surface area contributed by atoms with Gasteiger partial charge in [0.05, 0.1) is 25.7 Å². The second-order valence-corrected chi connectivity index (χ2v) is 5.50. The van der Waals surface area contributed by atoms with Gasteiger partial charge in [0.1, 0.15) is 0 Å². The molecule has 0 amide bonds. The summed E-state index contributed by atoms with van der Waals surface area (Å²) in [6.07, 6.45) is 0. The van der Waals surface area contributed by atoms with Gasteiger partial charge in [-0.3, -0.25) is 9.69 Å². The smallest absolute Gasteiger partial charge is 0.308 e. The summed E-state index contributed by atoms with van der Waals surface area (Å²) >= 11 is 0. The predicted molar refractivity (Wildman–Crippen MR) is 79.4 cm³/mol. The number of hydrogen-bond acceptors (Lipinski definition) is 4. The summed E-state index contributed by atoms with van der Waals surface area (Å²) in [7, 11) is 0. The van der Waals surface area contributed by atoms with Crippen molar-refractivity contribution in [2.45, 2.75) is 12.8 Å². The van der Waals surface area contributed by atoms with Gasteiger partial charge in [-0.25, -0.2) is 0 Å². The number of likely N-dealkylation sites (tertiary alicyclic amines) is 1. The molecule has 1 aliphatic heterocycles. The van der Waals surface area contributed by atoms with Crippen molar-refractivity contribution in [2.24, 2.45) is 5.92 Å². The van der Waals surface area contributed by atoms with Crippen molar-refractivity contribution >= 4 is 5.97 Å². The Balaban J connectivity index is 2.03. The molecule has 0 spiro atoms. The summed E-state index contributed by atoms with van der Waals surface area (Å²) < 4.78 is 5.27. The molecule has 1 fully saturated rings. The van der Waals surface area contributed by atoms with E-state index >= 15 is 0 Å². The molecule has 1 heterocycles. The summed E-state index contributed by atoms with van der Waals surface area (Å²) in [4.78, 5) is 13.7. The van der Waals surface area contributed by atoms with Crippen LogP contribution < -0.4 is 0 Å². The monoisotopic (exact) mass is 293 g/mol. The van der Waals surface area contributed by atoms with Crippen molar-refractivity contribution in [3.8, 4) is 0 Å². The fourth-order valence-corrected chi connectivity index (χ4v) is 3.00. The highest BCUT2D eigenvalue weighted by molar-refractivity contribution is 5.72. The van der Waals surface area contributed by atoms with Gasteiger partial charge in [-0.05, 0) is 18.1 Å². The summed E-state index contributed by atoms with van der Waals surface area (Å²) in [6.45, 7) is 4.89. The van der Waals surface area contributed by atoms with Gasteiger partial charge in [0, 0.05) is 25.6 Å². The molecule has 0 unspecified atom stereocenters. The summed E-state index contributed by atoms with van der Waals surface area (Å²) in [6, 6.07) is 8.00. The maximum absolute atomic E-state index is 11.5. The van der Waals surface area contributed by atoms with E-state index in [2.05, 4.69) is 4.90 Å². The van der Waals surface area contributed by atoms with E-state index < -0.39 is 5.97 Å². The Morgan fingerprint density at radius 1 is 1.33 bits per heavy atom. The van der Waals surface area contributed by atoms with Crippen molar-refractivity contribution in [3.05, 3.63) is 35.4 Å². The number of benzene rings is 1. The molecule has 21 heavy (non-hydrogen) atoms. The number of aliphatic carboxylic acids is 1. The van der Waals surface area contributed by atoms with E-state index in [4.69, 9.17) is 9.84 Å². The molecular weight excluding hydrogens is 270 g/mol. The highest BCUT2D eigenvalue weighted by atomic mass is 16.5. The predicted octanol–water partition coefficient (Wildman–Crippen LogP) is 1.10. The Morgan fingerprint density at radius 3 is 2.76 bits per heavy atom.